The summed E-state index contributed by atoms with van der Waals surface area (Å²) in [7, 11) is 0. The molecule has 0 unspecified atom stereocenters. The highest BCUT2D eigenvalue weighted by atomic mass is 16.5. The molecule has 0 saturated carbocycles. The molecule has 3 aromatic carbocycles. The van der Waals surface area contributed by atoms with Gasteiger partial charge in [-0.25, -0.2) is 4.98 Å². The summed E-state index contributed by atoms with van der Waals surface area (Å²) in [6.07, 6.45) is -0.290. The van der Waals surface area contributed by atoms with Crippen LogP contribution in [0.2, 0.25) is 0 Å². The molecule has 0 radical (unpaired) electrons. The first kappa shape index (κ1) is 22.2. The number of hydrogen-bond donors (Lipinski definition) is 1. The van der Waals surface area contributed by atoms with E-state index in [1.54, 1.807) is 0 Å². The average molecular weight is 456 g/mol. The second kappa shape index (κ2) is 9.69. The van der Waals surface area contributed by atoms with Crippen molar-refractivity contribution in [3.05, 3.63) is 95.8 Å². The van der Waals surface area contributed by atoms with E-state index in [9.17, 15) is 9.90 Å². The smallest absolute Gasteiger partial charge is 0.223 e. The van der Waals surface area contributed by atoms with E-state index in [0.29, 0.717) is 26.1 Å². The van der Waals surface area contributed by atoms with Crippen LogP contribution in [0.25, 0.3) is 11.0 Å². The van der Waals surface area contributed by atoms with Crippen LogP contribution in [0.15, 0.2) is 78.9 Å². The molecule has 2 heterocycles. The lowest BCUT2D eigenvalue weighted by Crippen LogP contribution is -2.26. The number of aliphatic hydroxyl groups excluding tert-OH is 1. The second-order valence-corrected chi connectivity index (χ2v) is 9.01. The number of aryl methyl sites for hydroxylation is 1. The van der Waals surface area contributed by atoms with Gasteiger partial charge < -0.3 is 19.3 Å². The fourth-order valence-electron chi connectivity index (χ4n) is 4.59. The summed E-state index contributed by atoms with van der Waals surface area (Å²) in [5.41, 5.74) is 4.11. The fraction of sp³-hybridized carbons (Fsp3) is 0.286. The largest absolute Gasteiger partial charge is 0.491 e. The number of ether oxygens (including phenoxy) is 1. The molecule has 1 saturated heterocycles. The average Bonchev–Trinajstić information content (AvgIpc) is 3.39. The SMILES string of the molecule is Cc1ccc(OC[C@H](O)Cn2c([C@@H]3CC(=O)N(Cc4ccccc4)C3)nc3ccccc32)cc1. The number of hydrogen-bond acceptors (Lipinski definition) is 4. The van der Waals surface area contributed by atoms with Crippen molar-refractivity contribution in [2.75, 3.05) is 13.2 Å². The van der Waals surface area contributed by atoms with E-state index in [4.69, 9.17) is 9.72 Å². The maximum absolute atomic E-state index is 12.8. The van der Waals surface area contributed by atoms with Crippen LogP contribution in [-0.4, -0.2) is 44.7 Å². The van der Waals surface area contributed by atoms with Crippen molar-refractivity contribution in [3.63, 3.8) is 0 Å². The van der Waals surface area contributed by atoms with Gasteiger partial charge >= 0.3 is 0 Å². The van der Waals surface area contributed by atoms with Crippen LogP contribution in [0, 0.1) is 6.92 Å². The zero-order chi connectivity index (χ0) is 23.5. The highest BCUT2D eigenvalue weighted by Crippen LogP contribution is 2.31. The van der Waals surface area contributed by atoms with E-state index >= 15 is 0 Å². The van der Waals surface area contributed by atoms with Crippen LogP contribution in [0.4, 0.5) is 0 Å². The molecule has 34 heavy (non-hydrogen) atoms. The summed E-state index contributed by atoms with van der Waals surface area (Å²) in [5, 5.41) is 10.8. The van der Waals surface area contributed by atoms with Crippen molar-refractivity contribution in [1.29, 1.82) is 0 Å². The third kappa shape index (κ3) is 4.82. The maximum atomic E-state index is 12.8. The third-order valence-electron chi connectivity index (χ3n) is 6.34. The number of imidazole rings is 1. The number of aliphatic hydroxyl groups is 1. The summed E-state index contributed by atoms with van der Waals surface area (Å²) >= 11 is 0. The zero-order valence-electron chi connectivity index (χ0n) is 19.3. The van der Waals surface area contributed by atoms with Crippen LogP contribution in [0.3, 0.4) is 0 Å². The number of carbonyl (C=O) groups is 1. The number of amides is 1. The highest BCUT2D eigenvalue weighted by molar-refractivity contribution is 5.81. The van der Waals surface area contributed by atoms with E-state index in [1.165, 1.54) is 0 Å². The lowest BCUT2D eigenvalue weighted by Gasteiger charge is -2.19. The highest BCUT2D eigenvalue weighted by Gasteiger charge is 2.34. The molecule has 6 heteroatoms. The molecule has 2 atom stereocenters. The minimum Gasteiger partial charge on any atom is -0.491 e. The number of rotatable bonds is 8. The number of fused-ring (bicyclic) bond motifs is 1. The lowest BCUT2D eigenvalue weighted by molar-refractivity contribution is -0.128. The number of para-hydroxylation sites is 2. The van der Waals surface area contributed by atoms with Crippen molar-refractivity contribution in [2.45, 2.75) is 38.5 Å². The second-order valence-electron chi connectivity index (χ2n) is 9.01. The Hall–Kier alpha value is -3.64. The van der Waals surface area contributed by atoms with Gasteiger partial charge in [0.05, 0.1) is 17.6 Å². The summed E-state index contributed by atoms with van der Waals surface area (Å²) < 4.78 is 7.86. The van der Waals surface area contributed by atoms with Gasteiger partial charge in [-0.1, -0.05) is 60.2 Å². The molecule has 5 rings (SSSR count). The molecule has 0 spiro atoms. The molecule has 1 aliphatic heterocycles. The molecule has 1 aliphatic rings. The third-order valence-corrected chi connectivity index (χ3v) is 6.34. The molecule has 4 aromatic rings. The Morgan fingerprint density at radius 1 is 1.03 bits per heavy atom. The van der Waals surface area contributed by atoms with Crippen LogP contribution in [0.1, 0.15) is 29.3 Å². The predicted octanol–water partition coefficient (Wildman–Crippen LogP) is 4.30. The minimum absolute atomic E-state index is 0.0196. The molecule has 6 nitrogen and oxygen atoms in total. The standard InChI is InChI=1S/C28H29N3O3/c1-20-11-13-24(14-12-20)34-19-23(32)18-31-26-10-6-5-9-25(26)29-28(31)22-15-27(33)30(17-22)16-21-7-3-2-4-8-21/h2-14,22-23,32H,15-19H2,1H3/t22-,23-/m1/s1. The number of carbonyl (C=O) groups excluding carboxylic acids is 1. The van der Waals surface area contributed by atoms with E-state index in [1.807, 2.05) is 90.7 Å². The minimum atomic E-state index is -0.713. The van der Waals surface area contributed by atoms with Gasteiger partial charge in [-0.05, 0) is 36.8 Å². The van der Waals surface area contributed by atoms with Gasteiger partial charge in [-0.15, -0.1) is 0 Å². The molecular formula is C28H29N3O3. The van der Waals surface area contributed by atoms with Crippen molar-refractivity contribution in [2.24, 2.45) is 0 Å². The summed E-state index contributed by atoms with van der Waals surface area (Å²) in [6.45, 7) is 3.78. The van der Waals surface area contributed by atoms with Gasteiger partial charge in [0.2, 0.25) is 5.91 Å². The summed E-state index contributed by atoms with van der Waals surface area (Å²) in [5.74, 6) is 1.70. The Morgan fingerprint density at radius 2 is 1.76 bits per heavy atom. The quantitative estimate of drug-likeness (QED) is 0.430. The van der Waals surface area contributed by atoms with Crippen molar-refractivity contribution in [3.8, 4) is 5.75 Å². The fourth-order valence-corrected chi connectivity index (χ4v) is 4.59. The molecule has 1 amide bonds. The Morgan fingerprint density at radius 3 is 2.56 bits per heavy atom. The van der Waals surface area contributed by atoms with E-state index in [2.05, 4.69) is 4.57 Å². The number of nitrogens with zero attached hydrogens (tertiary/aromatic N) is 3. The lowest BCUT2D eigenvalue weighted by atomic mass is 10.1. The Balaban J connectivity index is 1.33. The summed E-state index contributed by atoms with van der Waals surface area (Å²) in [6, 6.07) is 25.8. The van der Waals surface area contributed by atoms with Crippen LogP contribution < -0.4 is 4.74 Å². The number of benzene rings is 3. The zero-order valence-corrected chi connectivity index (χ0v) is 19.3. The van der Waals surface area contributed by atoms with Gasteiger partial charge in [-0.3, -0.25) is 4.79 Å². The van der Waals surface area contributed by atoms with E-state index < -0.39 is 6.10 Å². The summed E-state index contributed by atoms with van der Waals surface area (Å²) in [4.78, 5) is 19.6. The Labute approximate surface area is 199 Å². The Kier molecular flexibility index (Phi) is 6.32. The molecule has 0 aliphatic carbocycles. The van der Waals surface area contributed by atoms with Gasteiger partial charge in [0.25, 0.3) is 0 Å². The Bertz CT molecular complexity index is 1270. The normalized spacial score (nSPS) is 16.8. The van der Waals surface area contributed by atoms with Crippen LogP contribution >= 0.6 is 0 Å². The van der Waals surface area contributed by atoms with E-state index in [-0.39, 0.29) is 18.4 Å². The van der Waals surface area contributed by atoms with Crippen molar-refractivity contribution >= 4 is 16.9 Å². The monoisotopic (exact) mass is 455 g/mol. The first-order chi connectivity index (χ1) is 16.6. The van der Waals surface area contributed by atoms with Crippen LogP contribution in [-0.2, 0) is 17.9 Å². The predicted molar refractivity (Wildman–Crippen MR) is 132 cm³/mol. The van der Waals surface area contributed by atoms with Crippen molar-refractivity contribution in [1.82, 2.24) is 14.5 Å². The van der Waals surface area contributed by atoms with Gasteiger partial charge in [0, 0.05) is 25.4 Å². The number of aromatic nitrogens is 2. The topological polar surface area (TPSA) is 67.6 Å². The molecule has 1 fully saturated rings. The van der Waals surface area contributed by atoms with E-state index in [0.717, 1.165) is 33.7 Å². The molecule has 1 N–H and O–H groups in total. The first-order valence-corrected chi connectivity index (χ1v) is 11.7. The van der Waals surface area contributed by atoms with Gasteiger partial charge in [0.15, 0.2) is 0 Å². The van der Waals surface area contributed by atoms with Crippen LogP contribution in [0.5, 0.6) is 5.75 Å². The molecule has 1 aromatic heterocycles. The van der Waals surface area contributed by atoms with Gasteiger partial charge in [-0.2, -0.15) is 0 Å². The molecular weight excluding hydrogens is 426 g/mol. The van der Waals surface area contributed by atoms with Gasteiger partial charge in [0.1, 0.15) is 24.3 Å². The number of likely N-dealkylation sites (tertiary alicyclic amines) is 1. The first-order valence-electron chi connectivity index (χ1n) is 11.7. The molecule has 174 valence electrons. The van der Waals surface area contributed by atoms with Crippen molar-refractivity contribution < 1.29 is 14.6 Å². The maximum Gasteiger partial charge on any atom is 0.223 e. The molecule has 0 bridgehead atoms.